The van der Waals surface area contributed by atoms with E-state index in [9.17, 15) is 10.1 Å². The summed E-state index contributed by atoms with van der Waals surface area (Å²) < 4.78 is 5.70. The summed E-state index contributed by atoms with van der Waals surface area (Å²) in [5, 5.41) is 9.28. The molecule has 104 valence electrons. The predicted molar refractivity (Wildman–Crippen MR) is 69.2 cm³/mol. The molecule has 0 bridgehead atoms. The van der Waals surface area contributed by atoms with Crippen molar-refractivity contribution in [1.29, 1.82) is 0 Å². The molecule has 3 rings (SSSR count). The van der Waals surface area contributed by atoms with E-state index in [1.165, 1.54) is 0 Å². The zero-order chi connectivity index (χ0) is 13.7. The first-order valence-electron chi connectivity index (χ1n) is 6.82. The molecule has 1 unspecified atom stereocenters. The highest BCUT2D eigenvalue weighted by Gasteiger charge is 2.62. The number of fused-ring (bicyclic) bond motifs is 1. The second-order valence-corrected chi connectivity index (χ2v) is 6.47. The van der Waals surface area contributed by atoms with Gasteiger partial charge in [-0.3, -0.25) is 4.79 Å². The Morgan fingerprint density at radius 3 is 2.68 bits per heavy atom. The average Bonchev–Trinajstić information content (AvgIpc) is 2.68. The fourth-order valence-electron chi connectivity index (χ4n) is 4.09. The van der Waals surface area contributed by atoms with Crippen LogP contribution in [0.25, 0.3) is 0 Å². The fraction of sp³-hybridized carbons (Fsp3) is 0.667. The molecule has 0 aromatic heterocycles. The highest BCUT2D eigenvalue weighted by molar-refractivity contribution is 6.00. The van der Waals surface area contributed by atoms with E-state index in [4.69, 9.17) is 9.62 Å². The second kappa shape index (κ2) is 4.01. The van der Waals surface area contributed by atoms with Crippen LogP contribution in [0.4, 0.5) is 0 Å². The third-order valence-corrected chi connectivity index (χ3v) is 5.44. The molecule has 2 aliphatic carbocycles. The number of ether oxygens (including phenoxy) is 1. The largest absolute Gasteiger partial charge is 0.347 e. The highest BCUT2D eigenvalue weighted by Crippen LogP contribution is 2.63. The van der Waals surface area contributed by atoms with Gasteiger partial charge in [-0.25, -0.2) is 10.1 Å². The number of hydrogen-bond donors (Lipinski definition) is 1. The first kappa shape index (κ1) is 13.0. The summed E-state index contributed by atoms with van der Waals surface area (Å²) in [6, 6.07) is 0. The fourth-order valence-corrected chi connectivity index (χ4v) is 4.09. The van der Waals surface area contributed by atoms with Gasteiger partial charge in [0.15, 0.2) is 5.78 Å². The molecule has 0 aromatic carbocycles. The summed E-state index contributed by atoms with van der Waals surface area (Å²) in [5.74, 6) is -0.508. The number of carbonyl (C=O) groups excluding carboxylic acids is 1. The Hall–Kier alpha value is -0.970. The van der Waals surface area contributed by atoms with Crippen molar-refractivity contribution in [2.45, 2.75) is 38.9 Å². The van der Waals surface area contributed by atoms with Gasteiger partial charge in [0.1, 0.15) is 0 Å². The lowest BCUT2D eigenvalue weighted by molar-refractivity contribution is -0.444. The van der Waals surface area contributed by atoms with E-state index in [0.717, 1.165) is 19.3 Å². The Morgan fingerprint density at radius 2 is 2.05 bits per heavy atom. The Morgan fingerprint density at radius 1 is 1.37 bits per heavy atom. The molecule has 3 atom stereocenters. The maximum absolute atomic E-state index is 11.3. The van der Waals surface area contributed by atoms with E-state index in [-0.39, 0.29) is 16.6 Å². The molecule has 4 heteroatoms. The summed E-state index contributed by atoms with van der Waals surface area (Å²) in [6.45, 7) is 4.51. The monoisotopic (exact) mass is 264 g/mol. The van der Waals surface area contributed by atoms with Crippen LogP contribution in [0.5, 0.6) is 0 Å². The Bertz CT molecular complexity index is 451. The van der Waals surface area contributed by atoms with Crippen molar-refractivity contribution in [3.63, 3.8) is 0 Å². The number of rotatable bonds is 1. The van der Waals surface area contributed by atoms with E-state index < -0.39 is 5.79 Å². The minimum atomic E-state index is -0.970. The zero-order valence-corrected chi connectivity index (χ0v) is 11.4. The Labute approximate surface area is 113 Å². The summed E-state index contributed by atoms with van der Waals surface area (Å²) in [6.07, 6.45) is 10.1. The third kappa shape index (κ3) is 1.74. The highest BCUT2D eigenvalue weighted by atomic mass is 17.1. The molecule has 2 fully saturated rings. The number of ketones is 1. The molecule has 0 amide bonds. The molecule has 4 nitrogen and oxygen atoms in total. The maximum Gasteiger partial charge on any atom is 0.204 e. The van der Waals surface area contributed by atoms with Crippen LogP contribution < -0.4 is 0 Å². The van der Waals surface area contributed by atoms with E-state index in [2.05, 4.69) is 6.92 Å². The van der Waals surface area contributed by atoms with Gasteiger partial charge in [-0.05, 0) is 44.3 Å². The normalized spacial score (nSPS) is 43.7. The smallest absolute Gasteiger partial charge is 0.204 e. The first-order valence-corrected chi connectivity index (χ1v) is 6.82. The minimum Gasteiger partial charge on any atom is -0.347 e. The molecule has 0 aromatic rings. The summed E-state index contributed by atoms with van der Waals surface area (Å²) in [5.41, 5.74) is -0.351. The minimum absolute atomic E-state index is 0.0445. The van der Waals surface area contributed by atoms with Crippen LogP contribution in [0.1, 0.15) is 33.1 Å². The van der Waals surface area contributed by atoms with Crippen molar-refractivity contribution < 1.29 is 19.7 Å². The molecule has 1 N–H and O–H groups in total. The van der Waals surface area contributed by atoms with Gasteiger partial charge in [0, 0.05) is 10.8 Å². The Balaban J connectivity index is 1.96. The molecule has 1 heterocycles. The van der Waals surface area contributed by atoms with Crippen molar-refractivity contribution in [3.05, 3.63) is 24.3 Å². The second-order valence-electron chi connectivity index (χ2n) is 6.47. The quantitative estimate of drug-likeness (QED) is 0.584. The standard InChI is InChI=1S/C15H20O4/c1-13-10-15(6-3-12(16)4-7-15)9-11(13)5-8-18-14(13,2)19-17/h3-4,6-7,11,17H,5,8-10H2,1-2H3/t11-,13+,14?/m1/s1. The van der Waals surface area contributed by atoms with Gasteiger partial charge in [-0.2, -0.15) is 0 Å². The average molecular weight is 264 g/mol. The lowest BCUT2D eigenvalue weighted by Gasteiger charge is -2.48. The first-order chi connectivity index (χ1) is 8.93. The summed E-state index contributed by atoms with van der Waals surface area (Å²) in [4.78, 5) is 16.0. The van der Waals surface area contributed by atoms with Crippen molar-refractivity contribution in [2.24, 2.45) is 16.7 Å². The number of carbonyl (C=O) groups is 1. The predicted octanol–water partition coefficient (Wildman–Crippen LogP) is 2.71. The van der Waals surface area contributed by atoms with Gasteiger partial charge in [0.05, 0.1) is 6.61 Å². The third-order valence-electron chi connectivity index (χ3n) is 5.44. The van der Waals surface area contributed by atoms with Gasteiger partial charge in [0.2, 0.25) is 5.79 Å². The van der Waals surface area contributed by atoms with E-state index in [1.807, 2.05) is 12.2 Å². The summed E-state index contributed by atoms with van der Waals surface area (Å²) in [7, 11) is 0. The van der Waals surface area contributed by atoms with Crippen molar-refractivity contribution in [2.75, 3.05) is 6.61 Å². The van der Waals surface area contributed by atoms with E-state index in [1.54, 1.807) is 19.1 Å². The van der Waals surface area contributed by atoms with Crippen LogP contribution in [0, 0.1) is 16.7 Å². The van der Waals surface area contributed by atoms with Gasteiger partial charge in [0.25, 0.3) is 0 Å². The van der Waals surface area contributed by atoms with Crippen LogP contribution in [0.2, 0.25) is 0 Å². The molecule has 19 heavy (non-hydrogen) atoms. The lowest BCUT2D eigenvalue weighted by Crippen LogP contribution is -2.53. The van der Waals surface area contributed by atoms with Crippen LogP contribution in [-0.2, 0) is 14.4 Å². The number of allylic oxidation sites excluding steroid dienone is 4. The Kier molecular flexibility index (Phi) is 2.75. The van der Waals surface area contributed by atoms with Crippen LogP contribution >= 0.6 is 0 Å². The van der Waals surface area contributed by atoms with Gasteiger partial charge in [-0.1, -0.05) is 19.1 Å². The van der Waals surface area contributed by atoms with Gasteiger partial charge < -0.3 is 4.74 Å². The van der Waals surface area contributed by atoms with Crippen LogP contribution in [-0.4, -0.2) is 23.4 Å². The molecule has 3 aliphatic rings. The summed E-state index contributed by atoms with van der Waals surface area (Å²) >= 11 is 0. The van der Waals surface area contributed by atoms with E-state index >= 15 is 0 Å². The van der Waals surface area contributed by atoms with Crippen molar-refractivity contribution in [3.8, 4) is 0 Å². The maximum atomic E-state index is 11.3. The molecular weight excluding hydrogens is 244 g/mol. The molecule has 1 saturated heterocycles. The van der Waals surface area contributed by atoms with Gasteiger partial charge >= 0.3 is 0 Å². The number of hydrogen-bond acceptors (Lipinski definition) is 4. The topological polar surface area (TPSA) is 55.8 Å². The molecule has 0 radical (unpaired) electrons. The van der Waals surface area contributed by atoms with E-state index in [0.29, 0.717) is 12.5 Å². The SMILES string of the molecule is CC1(OO)OCC[C@@H]2CC3(C=CC(=O)C=C3)C[C@@]21C. The lowest BCUT2D eigenvalue weighted by atomic mass is 9.69. The van der Waals surface area contributed by atoms with Crippen molar-refractivity contribution in [1.82, 2.24) is 0 Å². The van der Waals surface area contributed by atoms with Crippen LogP contribution in [0.15, 0.2) is 24.3 Å². The molecular formula is C15H20O4. The molecule has 1 saturated carbocycles. The van der Waals surface area contributed by atoms with Crippen molar-refractivity contribution >= 4 is 5.78 Å². The zero-order valence-electron chi connectivity index (χ0n) is 11.4. The molecule has 1 aliphatic heterocycles. The van der Waals surface area contributed by atoms with Gasteiger partial charge in [-0.15, -0.1) is 0 Å². The van der Waals surface area contributed by atoms with Crippen LogP contribution in [0.3, 0.4) is 0 Å². The molecule has 1 spiro atoms.